The third kappa shape index (κ3) is 3.93. The number of sulfonamides is 1. The highest BCUT2D eigenvalue weighted by atomic mass is 35.5. The zero-order valence-corrected chi connectivity index (χ0v) is 12.5. The first-order chi connectivity index (χ1) is 9.90. The summed E-state index contributed by atoms with van der Waals surface area (Å²) in [5.74, 6) is -0.245. The summed E-state index contributed by atoms with van der Waals surface area (Å²) in [6.07, 6.45) is 4.40. The maximum atomic E-state index is 13.8. The van der Waals surface area contributed by atoms with Gasteiger partial charge >= 0.3 is 0 Å². The molecule has 4 N–H and O–H groups in total. The van der Waals surface area contributed by atoms with Crippen molar-refractivity contribution in [1.29, 1.82) is 0 Å². The van der Waals surface area contributed by atoms with Crippen LogP contribution in [0.3, 0.4) is 0 Å². The fraction of sp³-hybridized carbons (Fsp3) is 0.250. The second-order valence-corrected chi connectivity index (χ2v) is 6.52. The highest BCUT2D eigenvalue weighted by Gasteiger charge is 2.21. The van der Waals surface area contributed by atoms with E-state index in [-0.39, 0.29) is 17.3 Å². The first-order valence-electron chi connectivity index (χ1n) is 6.12. The van der Waals surface area contributed by atoms with E-state index < -0.39 is 20.7 Å². The molecule has 0 unspecified atom stereocenters. The van der Waals surface area contributed by atoms with Gasteiger partial charge in [0.05, 0.1) is 5.69 Å². The monoisotopic (exact) mass is 332 g/mol. The van der Waals surface area contributed by atoms with Crippen molar-refractivity contribution in [2.24, 2.45) is 0 Å². The van der Waals surface area contributed by atoms with Crippen LogP contribution in [0.4, 0.5) is 10.1 Å². The van der Waals surface area contributed by atoms with Gasteiger partial charge in [-0.15, -0.1) is 0 Å². The molecule has 9 heteroatoms. The van der Waals surface area contributed by atoms with Crippen molar-refractivity contribution in [1.82, 2.24) is 14.7 Å². The number of benzene rings is 1. The molecule has 1 aromatic carbocycles. The molecule has 0 saturated heterocycles. The van der Waals surface area contributed by atoms with Crippen molar-refractivity contribution in [3.63, 3.8) is 0 Å². The van der Waals surface area contributed by atoms with Crippen LogP contribution in [-0.2, 0) is 16.4 Å². The number of rotatable bonds is 6. The number of hydrogen-bond donors (Lipinski definition) is 3. The minimum absolute atomic E-state index is 0.0601. The van der Waals surface area contributed by atoms with Gasteiger partial charge in [-0.25, -0.2) is 22.5 Å². The molecule has 2 rings (SSSR count). The molecule has 0 bridgehead atoms. The lowest BCUT2D eigenvalue weighted by atomic mass is 10.3. The van der Waals surface area contributed by atoms with Crippen LogP contribution in [0.5, 0.6) is 0 Å². The van der Waals surface area contributed by atoms with Crippen LogP contribution < -0.4 is 10.5 Å². The molecular formula is C12H14ClFN4O2S. The lowest BCUT2D eigenvalue weighted by molar-refractivity contribution is 0.557. The van der Waals surface area contributed by atoms with E-state index >= 15 is 0 Å². The third-order valence-electron chi connectivity index (χ3n) is 2.76. The van der Waals surface area contributed by atoms with Gasteiger partial charge in [-0.2, -0.15) is 0 Å². The molecular weight excluding hydrogens is 319 g/mol. The van der Waals surface area contributed by atoms with Crippen molar-refractivity contribution >= 4 is 27.3 Å². The molecule has 0 aliphatic heterocycles. The predicted molar refractivity (Wildman–Crippen MR) is 77.9 cm³/mol. The summed E-state index contributed by atoms with van der Waals surface area (Å²) in [6, 6.07) is 2.19. The summed E-state index contributed by atoms with van der Waals surface area (Å²) in [4.78, 5) is 6.38. The van der Waals surface area contributed by atoms with Crippen molar-refractivity contribution in [3.05, 3.63) is 41.2 Å². The summed E-state index contributed by atoms with van der Waals surface area (Å²) < 4.78 is 40.2. The fourth-order valence-electron chi connectivity index (χ4n) is 1.75. The Labute approximate surface area is 126 Å². The second kappa shape index (κ2) is 6.42. The standard InChI is InChI=1S/C12H14ClFN4O2S/c13-8-6-9(15)12(14)10(7-8)21(19,20)18-3-1-2-11-16-4-5-17-11/h4-7,18H,1-3,15H2,(H,16,17). The number of H-pyrrole nitrogens is 1. The Morgan fingerprint density at radius 3 is 2.86 bits per heavy atom. The zero-order chi connectivity index (χ0) is 15.5. The van der Waals surface area contributed by atoms with Gasteiger partial charge in [0.2, 0.25) is 10.0 Å². The number of anilines is 1. The van der Waals surface area contributed by atoms with Crippen molar-refractivity contribution in [2.75, 3.05) is 12.3 Å². The van der Waals surface area contributed by atoms with Crippen LogP contribution >= 0.6 is 11.6 Å². The number of aryl methyl sites for hydroxylation is 1. The molecule has 0 aliphatic rings. The molecule has 0 aliphatic carbocycles. The van der Waals surface area contributed by atoms with Crippen LogP contribution in [0.25, 0.3) is 0 Å². The van der Waals surface area contributed by atoms with Gasteiger partial charge in [0.1, 0.15) is 10.7 Å². The zero-order valence-electron chi connectivity index (χ0n) is 10.9. The normalized spacial score (nSPS) is 11.7. The first kappa shape index (κ1) is 15.7. The minimum Gasteiger partial charge on any atom is -0.396 e. The lowest BCUT2D eigenvalue weighted by Crippen LogP contribution is -2.26. The number of nitrogens with one attached hydrogen (secondary N) is 2. The van der Waals surface area contributed by atoms with Gasteiger partial charge in [0.25, 0.3) is 0 Å². The maximum absolute atomic E-state index is 13.8. The van der Waals surface area contributed by atoms with Crippen molar-refractivity contribution in [2.45, 2.75) is 17.7 Å². The number of aromatic nitrogens is 2. The third-order valence-corrected chi connectivity index (χ3v) is 4.44. The molecule has 0 radical (unpaired) electrons. The van der Waals surface area contributed by atoms with Crippen LogP contribution in [0.15, 0.2) is 29.4 Å². The number of aromatic amines is 1. The highest BCUT2D eigenvalue weighted by molar-refractivity contribution is 7.89. The average molecular weight is 333 g/mol. The van der Waals surface area contributed by atoms with Gasteiger partial charge in [-0.05, 0) is 18.6 Å². The van der Waals surface area contributed by atoms with Gasteiger partial charge in [-0.1, -0.05) is 11.6 Å². The molecule has 1 heterocycles. The van der Waals surface area contributed by atoms with Crippen LogP contribution in [0.1, 0.15) is 12.2 Å². The average Bonchev–Trinajstić information content (AvgIpc) is 2.92. The minimum atomic E-state index is -4.00. The van der Waals surface area contributed by atoms with Gasteiger partial charge < -0.3 is 10.7 Å². The molecule has 0 fully saturated rings. The summed E-state index contributed by atoms with van der Waals surface area (Å²) >= 11 is 5.71. The summed E-state index contributed by atoms with van der Waals surface area (Å²) in [7, 11) is -4.00. The lowest BCUT2D eigenvalue weighted by Gasteiger charge is -2.09. The van der Waals surface area contributed by atoms with Crippen LogP contribution in [-0.4, -0.2) is 24.9 Å². The van der Waals surface area contributed by atoms with Crippen molar-refractivity contribution < 1.29 is 12.8 Å². The topological polar surface area (TPSA) is 101 Å². The largest absolute Gasteiger partial charge is 0.396 e. The van der Waals surface area contributed by atoms with E-state index in [0.29, 0.717) is 12.8 Å². The Morgan fingerprint density at radius 2 is 2.19 bits per heavy atom. The predicted octanol–water partition coefficient (Wildman–Crippen LogP) is 1.70. The number of nitrogens with two attached hydrogens (primary N) is 1. The number of nitrogens with zero attached hydrogens (tertiary/aromatic N) is 1. The molecule has 0 spiro atoms. The van der Waals surface area contributed by atoms with Gasteiger partial charge in [-0.3, -0.25) is 0 Å². The van der Waals surface area contributed by atoms with Crippen molar-refractivity contribution in [3.8, 4) is 0 Å². The summed E-state index contributed by atoms with van der Waals surface area (Å²) in [5.41, 5.74) is 5.07. The Morgan fingerprint density at radius 1 is 1.43 bits per heavy atom. The quantitative estimate of drug-likeness (QED) is 0.553. The Bertz CT molecular complexity index is 719. The number of hydrogen-bond acceptors (Lipinski definition) is 4. The van der Waals surface area contributed by atoms with E-state index in [1.54, 1.807) is 12.4 Å². The number of nitrogen functional groups attached to an aromatic ring is 1. The van der Waals surface area contributed by atoms with E-state index in [1.807, 2.05) is 0 Å². The fourth-order valence-corrected chi connectivity index (χ4v) is 3.25. The molecule has 2 aromatic rings. The molecule has 21 heavy (non-hydrogen) atoms. The molecule has 0 amide bonds. The molecule has 0 atom stereocenters. The Kier molecular flexibility index (Phi) is 4.81. The van der Waals surface area contributed by atoms with E-state index in [2.05, 4.69) is 14.7 Å². The van der Waals surface area contributed by atoms with E-state index in [0.717, 1.165) is 18.0 Å². The summed E-state index contributed by atoms with van der Waals surface area (Å²) in [5, 5.41) is 0.0601. The molecule has 6 nitrogen and oxygen atoms in total. The highest BCUT2D eigenvalue weighted by Crippen LogP contribution is 2.25. The smallest absolute Gasteiger partial charge is 0.243 e. The maximum Gasteiger partial charge on any atom is 0.243 e. The van der Waals surface area contributed by atoms with E-state index in [9.17, 15) is 12.8 Å². The number of imidazole rings is 1. The molecule has 114 valence electrons. The molecule has 1 aromatic heterocycles. The van der Waals surface area contributed by atoms with E-state index in [1.165, 1.54) is 0 Å². The number of halogens is 2. The van der Waals surface area contributed by atoms with E-state index in [4.69, 9.17) is 17.3 Å². The second-order valence-electron chi connectivity index (χ2n) is 4.34. The van der Waals surface area contributed by atoms with Crippen LogP contribution in [0.2, 0.25) is 5.02 Å². The van der Waals surface area contributed by atoms with Gasteiger partial charge in [0, 0.05) is 30.4 Å². The Balaban J connectivity index is 2.02. The van der Waals surface area contributed by atoms with Crippen LogP contribution in [0, 0.1) is 5.82 Å². The first-order valence-corrected chi connectivity index (χ1v) is 7.98. The molecule has 0 saturated carbocycles. The Hall–Kier alpha value is -1.64. The SMILES string of the molecule is Nc1cc(Cl)cc(S(=O)(=O)NCCCc2ncc[nH]2)c1F. The van der Waals surface area contributed by atoms with Gasteiger partial charge in [0.15, 0.2) is 5.82 Å². The summed E-state index contributed by atoms with van der Waals surface area (Å²) in [6.45, 7) is 0.148.